The molecule has 1 atom stereocenters. The number of hydrogen-bond donors (Lipinski definition) is 3. The first-order valence-corrected chi connectivity index (χ1v) is 6.94. The number of aliphatic hydroxyl groups excluding tert-OH is 1. The zero-order chi connectivity index (χ0) is 13.5. The van der Waals surface area contributed by atoms with E-state index in [0.717, 1.165) is 37.1 Å². The summed E-state index contributed by atoms with van der Waals surface area (Å²) in [5.74, 6) is 0.584. The van der Waals surface area contributed by atoms with Crippen molar-refractivity contribution in [2.45, 2.75) is 32.4 Å². The van der Waals surface area contributed by atoms with Gasteiger partial charge in [-0.25, -0.2) is 0 Å². The molecule has 0 aliphatic carbocycles. The number of aliphatic hydroxyl groups is 1. The van der Waals surface area contributed by atoms with Gasteiger partial charge in [-0.1, -0.05) is 24.3 Å². The van der Waals surface area contributed by atoms with E-state index in [4.69, 9.17) is 5.11 Å². The van der Waals surface area contributed by atoms with E-state index in [9.17, 15) is 4.79 Å². The molecule has 1 amide bonds. The molecule has 0 bridgehead atoms. The molecule has 1 aromatic carbocycles. The SMILES string of the molecule is O=C(CC1CCCNC1)NCc1cccc(CO)c1. The summed E-state index contributed by atoms with van der Waals surface area (Å²) < 4.78 is 0. The van der Waals surface area contributed by atoms with Gasteiger partial charge in [-0.15, -0.1) is 0 Å². The van der Waals surface area contributed by atoms with Crippen LogP contribution in [0.4, 0.5) is 0 Å². The predicted octanol–water partition coefficient (Wildman–Crippen LogP) is 1.18. The first-order valence-electron chi connectivity index (χ1n) is 6.94. The minimum Gasteiger partial charge on any atom is -0.392 e. The van der Waals surface area contributed by atoms with Crippen LogP contribution in [-0.4, -0.2) is 24.1 Å². The second-order valence-electron chi connectivity index (χ2n) is 5.17. The normalized spacial score (nSPS) is 19.1. The summed E-state index contributed by atoms with van der Waals surface area (Å²) in [5, 5.41) is 15.3. The number of amides is 1. The lowest BCUT2D eigenvalue weighted by molar-refractivity contribution is -0.122. The van der Waals surface area contributed by atoms with Crippen LogP contribution in [0, 0.1) is 5.92 Å². The molecule has 0 spiro atoms. The van der Waals surface area contributed by atoms with Gasteiger partial charge in [0, 0.05) is 13.0 Å². The van der Waals surface area contributed by atoms with E-state index in [1.54, 1.807) is 0 Å². The smallest absolute Gasteiger partial charge is 0.220 e. The fourth-order valence-electron chi connectivity index (χ4n) is 2.47. The summed E-state index contributed by atoms with van der Waals surface area (Å²) in [6, 6.07) is 7.65. The summed E-state index contributed by atoms with van der Waals surface area (Å²) in [7, 11) is 0. The molecule has 1 aromatic rings. The highest BCUT2D eigenvalue weighted by molar-refractivity contribution is 5.76. The molecule has 0 saturated carbocycles. The van der Waals surface area contributed by atoms with E-state index < -0.39 is 0 Å². The van der Waals surface area contributed by atoms with E-state index in [1.165, 1.54) is 0 Å². The molecule has 1 unspecified atom stereocenters. The monoisotopic (exact) mass is 262 g/mol. The third-order valence-electron chi connectivity index (χ3n) is 3.54. The van der Waals surface area contributed by atoms with Gasteiger partial charge < -0.3 is 15.7 Å². The fourth-order valence-corrected chi connectivity index (χ4v) is 2.47. The van der Waals surface area contributed by atoms with Crippen molar-refractivity contribution < 1.29 is 9.90 Å². The summed E-state index contributed by atoms with van der Waals surface area (Å²) >= 11 is 0. The maximum Gasteiger partial charge on any atom is 0.220 e. The first kappa shape index (κ1) is 14.0. The molecular weight excluding hydrogens is 240 g/mol. The van der Waals surface area contributed by atoms with Crippen molar-refractivity contribution in [3.05, 3.63) is 35.4 Å². The van der Waals surface area contributed by atoms with Crippen LogP contribution in [0.1, 0.15) is 30.4 Å². The zero-order valence-corrected chi connectivity index (χ0v) is 11.2. The Morgan fingerprint density at radius 1 is 1.42 bits per heavy atom. The lowest BCUT2D eigenvalue weighted by atomic mass is 9.96. The Balaban J connectivity index is 1.76. The third-order valence-corrected chi connectivity index (χ3v) is 3.54. The van der Waals surface area contributed by atoms with Crippen molar-refractivity contribution in [1.29, 1.82) is 0 Å². The van der Waals surface area contributed by atoms with Gasteiger partial charge in [0.15, 0.2) is 0 Å². The summed E-state index contributed by atoms with van der Waals surface area (Å²) in [6.45, 7) is 2.60. The highest BCUT2D eigenvalue weighted by atomic mass is 16.3. The van der Waals surface area contributed by atoms with Crippen molar-refractivity contribution in [2.75, 3.05) is 13.1 Å². The van der Waals surface area contributed by atoms with E-state index in [2.05, 4.69) is 10.6 Å². The van der Waals surface area contributed by atoms with Crippen LogP contribution in [0.3, 0.4) is 0 Å². The fraction of sp³-hybridized carbons (Fsp3) is 0.533. The zero-order valence-electron chi connectivity index (χ0n) is 11.2. The number of piperidine rings is 1. The quantitative estimate of drug-likeness (QED) is 0.747. The number of carbonyl (C=O) groups is 1. The molecule has 3 N–H and O–H groups in total. The largest absolute Gasteiger partial charge is 0.392 e. The molecule has 104 valence electrons. The summed E-state index contributed by atoms with van der Waals surface area (Å²) in [5.41, 5.74) is 1.91. The van der Waals surface area contributed by atoms with Crippen LogP contribution in [-0.2, 0) is 17.9 Å². The van der Waals surface area contributed by atoms with Gasteiger partial charge in [0.05, 0.1) is 6.61 Å². The minimum absolute atomic E-state index is 0.0372. The Hall–Kier alpha value is -1.39. The second kappa shape index (κ2) is 7.26. The molecule has 0 radical (unpaired) electrons. The summed E-state index contributed by atoms with van der Waals surface area (Å²) in [4.78, 5) is 11.9. The first-order chi connectivity index (χ1) is 9.28. The molecule has 4 heteroatoms. The number of rotatable bonds is 5. The van der Waals surface area contributed by atoms with Crippen molar-refractivity contribution >= 4 is 5.91 Å². The van der Waals surface area contributed by atoms with Gasteiger partial charge >= 0.3 is 0 Å². The van der Waals surface area contributed by atoms with Crippen LogP contribution < -0.4 is 10.6 Å². The number of benzene rings is 1. The highest BCUT2D eigenvalue weighted by Crippen LogP contribution is 2.13. The standard InChI is InChI=1S/C15H22N2O2/c18-11-14-4-1-3-12(7-14)10-17-15(19)8-13-5-2-6-16-9-13/h1,3-4,7,13,16,18H,2,5-6,8-11H2,(H,17,19). The lowest BCUT2D eigenvalue weighted by Crippen LogP contribution is -2.34. The van der Waals surface area contributed by atoms with Crippen molar-refractivity contribution in [3.63, 3.8) is 0 Å². The Morgan fingerprint density at radius 3 is 3.00 bits per heavy atom. The number of carbonyl (C=O) groups excluding carboxylic acids is 1. The highest BCUT2D eigenvalue weighted by Gasteiger charge is 2.16. The van der Waals surface area contributed by atoms with Crippen molar-refractivity contribution in [2.24, 2.45) is 5.92 Å². The molecule has 0 aromatic heterocycles. The molecule has 1 aliphatic heterocycles. The van der Waals surface area contributed by atoms with E-state index in [1.807, 2.05) is 24.3 Å². The summed E-state index contributed by atoms with van der Waals surface area (Å²) in [6.07, 6.45) is 2.91. The van der Waals surface area contributed by atoms with Gasteiger partial charge in [-0.3, -0.25) is 4.79 Å². The molecule has 2 rings (SSSR count). The van der Waals surface area contributed by atoms with Crippen LogP contribution >= 0.6 is 0 Å². The van der Waals surface area contributed by atoms with Gasteiger partial charge in [0.1, 0.15) is 0 Å². The lowest BCUT2D eigenvalue weighted by Gasteiger charge is -2.22. The van der Waals surface area contributed by atoms with Gasteiger partial charge in [-0.05, 0) is 43.0 Å². The van der Waals surface area contributed by atoms with E-state index in [-0.39, 0.29) is 12.5 Å². The van der Waals surface area contributed by atoms with Gasteiger partial charge in [0.25, 0.3) is 0 Å². The van der Waals surface area contributed by atoms with Crippen molar-refractivity contribution in [3.8, 4) is 0 Å². The molecular formula is C15H22N2O2. The molecule has 1 fully saturated rings. The van der Waals surface area contributed by atoms with Crippen LogP contribution in [0.25, 0.3) is 0 Å². The average Bonchev–Trinajstić information content (AvgIpc) is 2.46. The minimum atomic E-state index is 0.0372. The maximum absolute atomic E-state index is 11.9. The molecule has 1 saturated heterocycles. The second-order valence-corrected chi connectivity index (χ2v) is 5.17. The average molecular weight is 262 g/mol. The number of nitrogens with one attached hydrogen (secondary N) is 2. The topological polar surface area (TPSA) is 61.4 Å². The molecule has 19 heavy (non-hydrogen) atoms. The maximum atomic E-state index is 11.9. The van der Waals surface area contributed by atoms with E-state index >= 15 is 0 Å². The van der Waals surface area contributed by atoms with Gasteiger partial charge in [0.2, 0.25) is 5.91 Å². The Kier molecular flexibility index (Phi) is 5.36. The van der Waals surface area contributed by atoms with Crippen LogP contribution in [0.5, 0.6) is 0 Å². The molecule has 1 aliphatic rings. The van der Waals surface area contributed by atoms with Gasteiger partial charge in [-0.2, -0.15) is 0 Å². The third kappa shape index (κ3) is 4.65. The molecule has 4 nitrogen and oxygen atoms in total. The Labute approximate surface area is 114 Å². The van der Waals surface area contributed by atoms with E-state index in [0.29, 0.717) is 18.9 Å². The Bertz CT molecular complexity index is 414. The van der Waals surface area contributed by atoms with Crippen LogP contribution in [0.2, 0.25) is 0 Å². The van der Waals surface area contributed by atoms with Crippen LogP contribution in [0.15, 0.2) is 24.3 Å². The predicted molar refractivity (Wildman–Crippen MR) is 74.4 cm³/mol. The Morgan fingerprint density at radius 2 is 2.26 bits per heavy atom. The molecule has 1 heterocycles. The number of hydrogen-bond acceptors (Lipinski definition) is 3. The van der Waals surface area contributed by atoms with Crippen molar-refractivity contribution in [1.82, 2.24) is 10.6 Å².